The Labute approximate surface area is 108 Å². The fraction of sp³-hybridized carbons (Fsp3) is 0.0909. The van der Waals surface area contributed by atoms with E-state index in [1.807, 2.05) is 4.89 Å². The molecule has 0 aliphatic heterocycles. The fourth-order valence-electron chi connectivity index (χ4n) is 1.25. The molecule has 0 amide bonds. The van der Waals surface area contributed by atoms with Crippen LogP contribution < -0.4 is 9.72 Å². The first-order valence-corrected chi connectivity index (χ1v) is 7.53. The van der Waals surface area contributed by atoms with Crippen molar-refractivity contribution in [3.05, 3.63) is 52.5 Å². The molecular formula is C11H10FNO3S2. The van der Waals surface area contributed by atoms with Gasteiger partial charge in [-0.3, -0.25) is 0 Å². The summed E-state index contributed by atoms with van der Waals surface area (Å²) in [6, 6.07) is 8.70. The van der Waals surface area contributed by atoms with E-state index in [9.17, 15) is 12.8 Å². The Morgan fingerprint density at radius 2 is 2.11 bits per heavy atom. The molecule has 0 unspecified atom stereocenters. The molecule has 2 rings (SSSR count). The molecule has 0 radical (unpaired) electrons. The fourth-order valence-corrected chi connectivity index (χ4v) is 3.23. The Morgan fingerprint density at radius 3 is 2.78 bits per heavy atom. The molecular weight excluding hydrogens is 277 g/mol. The van der Waals surface area contributed by atoms with E-state index in [0.29, 0.717) is 4.88 Å². The van der Waals surface area contributed by atoms with Crippen LogP contribution in [0.4, 0.5) is 4.39 Å². The van der Waals surface area contributed by atoms with Crippen molar-refractivity contribution in [1.29, 1.82) is 0 Å². The van der Waals surface area contributed by atoms with E-state index < -0.39 is 15.8 Å². The first-order valence-electron chi connectivity index (χ1n) is 4.99. The number of benzene rings is 1. The minimum absolute atomic E-state index is 0.102. The van der Waals surface area contributed by atoms with Gasteiger partial charge >= 0.3 is 0 Å². The maximum absolute atomic E-state index is 12.8. The molecule has 4 nitrogen and oxygen atoms in total. The molecule has 1 N–H and O–H groups in total. The third-order valence-corrected chi connectivity index (χ3v) is 4.08. The predicted molar refractivity (Wildman–Crippen MR) is 67.1 cm³/mol. The Hall–Kier alpha value is -1.44. The molecule has 0 fully saturated rings. The van der Waals surface area contributed by atoms with E-state index in [-0.39, 0.29) is 11.5 Å². The van der Waals surface area contributed by atoms with Gasteiger partial charge in [0.05, 0.1) is 0 Å². The van der Waals surface area contributed by atoms with Crippen LogP contribution in [0, 0.1) is 5.82 Å². The van der Waals surface area contributed by atoms with Gasteiger partial charge in [0.1, 0.15) is 11.6 Å². The maximum atomic E-state index is 12.8. The largest absolute Gasteiger partial charge is 0.394 e. The number of sulfonamides is 1. The second kappa shape index (κ2) is 5.47. The molecule has 7 heteroatoms. The van der Waals surface area contributed by atoms with Crippen LogP contribution in [0.5, 0.6) is 5.75 Å². The van der Waals surface area contributed by atoms with Crippen LogP contribution in [-0.2, 0) is 15.8 Å². The lowest BCUT2D eigenvalue weighted by atomic mass is 10.3. The Bertz CT molecular complexity index is 611. The highest BCUT2D eigenvalue weighted by Gasteiger charge is 2.13. The van der Waals surface area contributed by atoms with Gasteiger partial charge in [0, 0.05) is 10.9 Å². The molecule has 0 bridgehead atoms. The summed E-state index contributed by atoms with van der Waals surface area (Å²) in [7, 11) is -3.60. The SMILES string of the molecule is O=S(=O)(Cc1cccs1)NOc1cccc(F)c1. The molecule has 0 saturated carbocycles. The van der Waals surface area contributed by atoms with Gasteiger partial charge in [-0.25, -0.2) is 12.8 Å². The second-order valence-electron chi connectivity index (χ2n) is 3.48. The van der Waals surface area contributed by atoms with Crippen LogP contribution in [0.15, 0.2) is 41.8 Å². The molecule has 18 heavy (non-hydrogen) atoms. The standard InChI is InChI=1S/C11H10FNO3S2/c12-9-3-1-4-10(7-9)16-13-18(14,15)8-11-5-2-6-17-11/h1-7,13H,8H2. The number of rotatable bonds is 5. The molecule has 1 aromatic heterocycles. The monoisotopic (exact) mass is 287 g/mol. The zero-order valence-corrected chi connectivity index (χ0v) is 10.8. The molecule has 96 valence electrons. The van der Waals surface area contributed by atoms with Gasteiger partial charge in [0.2, 0.25) is 10.0 Å². The van der Waals surface area contributed by atoms with Crippen LogP contribution in [0.1, 0.15) is 4.88 Å². The Kier molecular flexibility index (Phi) is 3.95. The molecule has 0 aliphatic rings. The topological polar surface area (TPSA) is 55.4 Å². The van der Waals surface area contributed by atoms with Crippen molar-refractivity contribution in [3.8, 4) is 5.75 Å². The van der Waals surface area contributed by atoms with E-state index in [0.717, 1.165) is 6.07 Å². The summed E-state index contributed by atoms with van der Waals surface area (Å²) < 4.78 is 36.1. The van der Waals surface area contributed by atoms with Gasteiger partial charge in [-0.2, -0.15) is 0 Å². The van der Waals surface area contributed by atoms with Crippen molar-refractivity contribution < 1.29 is 17.6 Å². The summed E-state index contributed by atoms with van der Waals surface area (Å²) in [5.41, 5.74) is 0. The van der Waals surface area contributed by atoms with Crippen molar-refractivity contribution in [1.82, 2.24) is 4.89 Å². The summed E-state index contributed by atoms with van der Waals surface area (Å²) in [5.74, 6) is -0.560. The Morgan fingerprint density at radius 1 is 1.28 bits per heavy atom. The van der Waals surface area contributed by atoms with Gasteiger partial charge < -0.3 is 4.84 Å². The maximum Gasteiger partial charge on any atom is 0.247 e. The summed E-state index contributed by atoms with van der Waals surface area (Å²) in [6.45, 7) is 0. The minimum Gasteiger partial charge on any atom is -0.394 e. The second-order valence-corrected chi connectivity index (χ2v) is 6.20. The van der Waals surface area contributed by atoms with E-state index in [4.69, 9.17) is 4.84 Å². The smallest absolute Gasteiger partial charge is 0.247 e. The minimum atomic E-state index is -3.60. The van der Waals surface area contributed by atoms with Crippen LogP contribution in [0.3, 0.4) is 0 Å². The highest BCUT2D eigenvalue weighted by atomic mass is 32.2. The molecule has 1 heterocycles. The van der Waals surface area contributed by atoms with E-state index in [1.165, 1.54) is 29.5 Å². The van der Waals surface area contributed by atoms with Gasteiger partial charge in [0.25, 0.3) is 0 Å². The van der Waals surface area contributed by atoms with Crippen molar-refractivity contribution in [2.45, 2.75) is 5.75 Å². The number of hydrogen-bond donors (Lipinski definition) is 1. The van der Waals surface area contributed by atoms with Crippen molar-refractivity contribution in [2.24, 2.45) is 0 Å². The zero-order valence-electron chi connectivity index (χ0n) is 9.17. The summed E-state index contributed by atoms with van der Waals surface area (Å²) in [5, 5.41) is 1.79. The summed E-state index contributed by atoms with van der Waals surface area (Å²) in [6.07, 6.45) is 0. The first-order chi connectivity index (χ1) is 8.55. The third kappa shape index (κ3) is 3.80. The van der Waals surface area contributed by atoms with Gasteiger partial charge in [-0.15, -0.1) is 11.3 Å². The molecule has 0 spiro atoms. The average Bonchev–Trinajstić information content (AvgIpc) is 2.79. The van der Waals surface area contributed by atoms with Crippen molar-refractivity contribution >= 4 is 21.4 Å². The lowest BCUT2D eigenvalue weighted by molar-refractivity contribution is 0.267. The molecule has 2 aromatic rings. The van der Waals surface area contributed by atoms with Crippen LogP contribution in [-0.4, -0.2) is 8.42 Å². The van der Waals surface area contributed by atoms with Crippen LogP contribution in [0.2, 0.25) is 0 Å². The molecule has 0 aliphatic carbocycles. The van der Waals surface area contributed by atoms with Gasteiger partial charge in [-0.1, -0.05) is 12.1 Å². The van der Waals surface area contributed by atoms with Gasteiger partial charge in [-0.05, 0) is 28.5 Å². The average molecular weight is 287 g/mol. The van der Waals surface area contributed by atoms with E-state index in [2.05, 4.69) is 0 Å². The lowest BCUT2D eigenvalue weighted by Crippen LogP contribution is -2.28. The summed E-state index contributed by atoms with van der Waals surface area (Å²) >= 11 is 1.34. The number of hydrogen-bond acceptors (Lipinski definition) is 4. The van der Waals surface area contributed by atoms with E-state index in [1.54, 1.807) is 17.5 Å². The summed E-state index contributed by atoms with van der Waals surface area (Å²) in [4.78, 5) is 7.48. The quantitative estimate of drug-likeness (QED) is 0.859. The van der Waals surface area contributed by atoms with E-state index >= 15 is 0 Å². The normalized spacial score (nSPS) is 11.4. The predicted octanol–water partition coefficient (Wildman–Crippen LogP) is 2.30. The number of halogens is 1. The molecule has 1 aromatic carbocycles. The van der Waals surface area contributed by atoms with Gasteiger partial charge in [0.15, 0.2) is 5.75 Å². The zero-order chi connectivity index (χ0) is 13.0. The van der Waals surface area contributed by atoms with Crippen LogP contribution >= 0.6 is 11.3 Å². The highest BCUT2D eigenvalue weighted by Crippen LogP contribution is 2.14. The molecule has 0 saturated heterocycles. The molecule has 0 atom stereocenters. The third-order valence-electron chi connectivity index (χ3n) is 1.99. The van der Waals surface area contributed by atoms with Crippen molar-refractivity contribution in [3.63, 3.8) is 0 Å². The van der Waals surface area contributed by atoms with Crippen LogP contribution in [0.25, 0.3) is 0 Å². The number of thiophene rings is 1. The number of nitrogens with one attached hydrogen (secondary N) is 1. The first kappa shape index (κ1) is 13.0. The highest BCUT2D eigenvalue weighted by molar-refractivity contribution is 7.88. The van der Waals surface area contributed by atoms with Crippen molar-refractivity contribution in [2.75, 3.05) is 0 Å². The lowest BCUT2D eigenvalue weighted by Gasteiger charge is -2.07. The Balaban J connectivity index is 1.97.